The Hall–Kier alpha value is -1.06. The van der Waals surface area contributed by atoms with Crippen LogP contribution in [-0.2, 0) is 9.59 Å². The van der Waals surface area contributed by atoms with Crippen LogP contribution in [-0.4, -0.2) is 18.4 Å². The first kappa shape index (κ1) is 14.0. The van der Waals surface area contributed by atoms with Crippen molar-refractivity contribution in [1.29, 1.82) is 0 Å². The van der Waals surface area contributed by atoms with Crippen LogP contribution in [0.4, 0.5) is 0 Å². The molecule has 4 nitrogen and oxygen atoms in total. The summed E-state index contributed by atoms with van der Waals surface area (Å²) in [7, 11) is 0. The second-order valence-electron chi connectivity index (χ2n) is 4.98. The summed E-state index contributed by atoms with van der Waals surface area (Å²) in [4.78, 5) is 23.5. The number of primary amides is 1. The largest absolute Gasteiger partial charge is 0.369 e. The number of rotatable bonds is 8. The Labute approximate surface area is 103 Å². The quantitative estimate of drug-likeness (QED) is 0.674. The Morgan fingerprint density at radius 3 is 2.35 bits per heavy atom. The maximum absolute atomic E-state index is 12.0. The predicted molar refractivity (Wildman–Crippen MR) is 67.1 cm³/mol. The summed E-state index contributed by atoms with van der Waals surface area (Å²) in [6, 6.07) is 0. The summed E-state index contributed by atoms with van der Waals surface area (Å²) >= 11 is 0. The van der Waals surface area contributed by atoms with Crippen LogP contribution in [0.1, 0.15) is 46.0 Å². The number of amides is 2. The second kappa shape index (κ2) is 6.62. The van der Waals surface area contributed by atoms with E-state index in [4.69, 9.17) is 5.73 Å². The van der Waals surface area contributed by atoms with Gasteiger partial charge < -0.3 is 11.1 Å². The van der Waals surface area contributed by atoms with Crippen molar-refractivity contribution >= 4 is 11.8 Å². The Balaban J connectivity index is 2.69. The summed E-state index contributed by atoms with van der Waals surface area (Å²) < 4.78 is 0. The van der Waals surface area contributed by atoms with Gasteiger partial charge in [-0.1, -0.05) is 26.2 Å². The fourth-order valence-electron chi connectivity index (χ4n) is 2.32. The van der Waals surface area contributed by atoms with Crippen molar-refractivity contribution < 1.29 is 9.59 Å². The molecule has 0 aromatic heterocycles. The van der Waals surface area contributed by atoms with Gasteiger partial charge in [0.1, 0.15) is 0 Å². The van der Waals surface area contributed by atoms with E-state index in [1.54, 1.807) is 0 Å². The Morgan fingerprint density at radius 2 is 1.94 bits per heavy atom. The third kappa shape index (κ3) is 4.36. The lowest BCUT2D eigenvalue weighted by molar-refractivity contribution is -0.134. The van der Waals surface area contributed by atoms with E-state index in [-0.39, 0.29) is 23.7 Å². The lowest BCUT2D eigenvalue weighted by Crippen LogP contribution is -2.40. The molecular formula is C13H24N2O2. The number of hydrogen-bond acceptors (Lipinski definition) is 2. The highest BCUT2D eigenvalue weighted by Crippen LogP contribution is 2.38. The lowest BCUT2D eigenvalue weighted by atomic mass is 9.83. The SMILES string of the molecule is CCC[C@H](C(N)=O)[C@@H](CC1CC1)C(=O)NCC. The molecule has 0 aromatic carbocycles. The van der Waals surface area contributed by atoms with Gasteiger partial charge in [-0.05, 0) is 25.7 Å². The van der Waals surface area contributed by atoms with E-state index >= 15 is 0 Å². The fraction of sp³-hybridized carbons (Fsp3) is 0.846. The molecule has 0 saturated heterocycles. The average Bonchev–Trinajstić information content (AvgIpc) is 3.07. The molecule has 98 valence electrons. The summed E-state index contributed by atoms with van der Waals surface area (Å²) in [5.41, 5.74) is 5.43. The van der Waals surface area contributed by atoms with E-state index < -0.39 is 0 Å². The molecule has 0 aromatic rings. The zero-order valence-corrected chi connectivity index (χ0v) is 10.9. The molecular weight excluding hydrogens is 216 g/mol. The van der Waals surface area contributed by atoms with Gasteiger partial charge in [-0.15, -0.1) is 0 Å². The molecule has 1 fully saturated rings. The van der Waals surface area contributed by atoms with Crippen molar-refractivity contribution in [2.75, 3.05) is 6.54 Å². The van der Waals surface area contributed by atoms with Gasteiger partial charge in [0.25, 0.3) is 0 Å². The Kier molecular flexibility index (Phi) is 5.45. The maximum Gasteiger partial charge on any atom is 0.223 e. The van der Waals surface area contributed by atoms with Crippen molar-refractivity contribution in [2.24, 2.45) is 23.5 Å². The number of carbonyl (C=O) groups excluding carboxylic acids is 2. The van der Waals surface area contributed by atoms with Crippen molar-refractivity contribution in [1.82, 2.24) is 5.32 Å². The molecule has 0 aliphatic heterocycles. The van der Waals surface area contributed by atoms with Crippen molar-refractivity contribution in [3.05, 3.63) is 0 Å². The third-order valence-electron chi connectivity index (χ3n) is 3.42. The van der Waals surface area contributed by atoms with Gasteiger partial charge in [0.15, 0.2) is 0 Å². The zero-order valence-electron chi connectivity index (χ0n) is 10.9. The van der Waals surface area contributed by atoms with E-state index in [2.05, 4.69) is 5.32 Å². The third-order valence-corrected chi connectivity index (χ3v) is 3.42. The molecule has 3 N–H and O–H groups in total. The molecule has 0 bridgehead atoms. The minimum Gasteiger partial charge on any atom is -0.369 e. The molecule has 1 saturated carbocycles. The first-order valence-electron chi connectivity index (χ1n) is 6.67. The number of nitrogens with one attached hydrogen (secondary N) is 1. The smallest absolute Gasteiger partial charge is 0.223 e. The van der Waals surface area contributed by atoms with E-state index in [0.717, 1.165) is 12.8 Å². The van der Waals surface area contributed by atoms with Crippen molar-refractivity contribution in [3.63, 3.8) is 0 Å². The van der Waals surface area contributed by atoms with Gasteiger partial charge in [-0.25, -0.2) is 0 Å². The molecule has 0 heterocycles. The minimum absolute atomic E-state index is 0.00310. The fourth-order valence-corrected chi connectivity index (χ4v) is 2.32. The highest BCUT2D eigenvalue weighted by atomic mass is 16.2. The standard InChI is InChI=1S/C13H24N2O2/c1-3-5-10(12(14)16)11(8-9-6-7-9)13(17)15-4-2/h9-11H,3-8H2,1-2H3,(H2,14,16)(H,15,17)/t10-,11+/m0/s1. The Morgan fingerprint density at radius 1 is 1.29 bits per heavy atom. The van der Waals surface area contributed by atoms with E-state index in [1.165, 1.54) is 12.8 Å². The van der Waals surface area contributed by atoms with Gasteiger partial charge in [0.05, 0.1) is 0 Å². The van der Waals surface area contributed by atoms with Crippen LogP contribution in [0.5, 0.6) is 0 Å². The van der Waals surface area contributed by atoms with Gasteiger partial charge in [0, 0.05) is 18.4 Å². The van der Waals surface area contributed by atoms with Crippen molar-refractivity contribution in [2.45, 2.75) is 46.0 Å². The highest BCUT2D eigenvalue weighted by Gasteiger charge is 2.36. The number of hydrogen-bond donors (Lipinski definition) is 2. The molecule has 4 heteroatoms. The predicted octanol–water partition coefficient (Wildman–Crippen LogP) is 1.44. The molecule has 0 radical (unpaired) electrons. The number of carbonyl (C=O) groups is 2. The molecule has 0 spiro atoms. The monoisotopic (exact) mass is 240 g/mol. The first-order chi connectivity index (χ1) is 8.10. The molecule has 1 rings (SSSR count). The average molecular weight is 240 g/mol. The topological polar surface area (TPSA) is 72.2 Å². The van der Waals surface area contributed by atoms with E-state index in [9.17, 15) is 9.59 Å². The molecule has 2 atom stereocenters. The summed E-state index contributed by atoms with van der Waals surface area (Å²) in [6.07, 6.45) is 4.79. The van der Waals surface area contributed by atoms with E-state index in [0.29, 0.717) is 18.9 Å². The molecule has 1 aliphatic rings. The highest BCUT2D eigenvalue weighted by molar-refractivity contribution is 5.86. The molecule has 2 amide bonds. The van der Waals surface area contributed by atoms with Crippen LogP contribution in [0.3, 0.4) is 0 Å². The normalized spacial score (nSPS) is 18.5. The summed E-state index contributed by atoms with van der Waals surface area (Å²) in [6.45, 7) is 4.52. The van der Waals surface area contributed by atoms with Gasteiger partial charge >= 0.3 is 0 Å². The zero-order chi connectivity index (χ0) is 12.8. The second-order valence-corrected chi connectivity index (χ2v) is 4.98. The summed E-state index contributed by atoms with van der Waals surface area (Å²) in [5, 5.41) is 2.83. The van der Waals surface area contributed by atoms with Crippen molar-refractivity contribution in [3.8, 4) is 0 Å². The summed E-state index contributed by atoms with van der Waals surface area (Å²) in [5.74, 6) is -0.228. The van der Waals surface area contributed by atoms with Crippen LogP contribution in [0, 0.1) is 17.8 Å². The van der Waals surface area contributed by atoms with Gasteiger partial charge in [-0.3, -0.25) is 9.59 Å². The van der Waals surface area contributed by atoms with Crippen LogP contribution in [0.15, 0.2) is 0 Å². The van der Waals surface area contributed by atoms with Crippen LogP contribution >= 0.6 is 0 Å². The molecule has 17 heavy (non-hydrogen) atoms. The lowest BCUT2D eigenvalue weighted by Gasteiger charge is -2.23. The van der Waals surface area contributed by atoms with Crippen LogP contribution in [0.2, 0.25) is 0 Å². The maximum atomic E-state index is 12.0. The van der Waals surface area contributed by atoms with Gasteiger partial charge in [0.2, 0.25) is 11.8 Å². The van der Waals surface area contributed by atoms with E-state index in [1.807, 2.05) is 13.8 Å². The van der Waals surface area contributed by atoms with Crippen LogP contribution < -0.4 is 11.1 Å². The van der Waals surface area contributed by atoms with Crippen LogP contribution in [0.25, 0.3) is 0 Å². The number of nitrogens with two attached hydrogens (primary N) is 1. The molecule has 1 aliphatic carbocycles. The van der Waals surface area contributed by atoms with Gasteiger partial charge in [-0.2, -0.15) is 0 Å². The molecule has 0 unspecified atom stereocenters. The Bertz CT molecular complexity index is 275. The first-order valence-corrected chi connectivity index (χ1v) is 6.67. The minimum atomic E-state index is -0.330.